The summed E-state index contributed by atoms with van der Waals surface area (Å²) in [5.74, 6) is 1.81. The van der Waals surface area contributed by atoms with E-state index in [0.717, 1.165) is 30.1 Å². The van der Waals surface area contributed by atoms with E-state index in [2.05, 4.69) is 39.8 Å². The van der Waals surface area contributed by atoms with Crippen LogP contribution in [0.4, 0.5) is 5.82 Å². The van der Waals surface area contributed by atoms with Gasteiger partial charge in [-0.1, -0.05) is 19.1 Å². The number of rotatable bonds is 6. The van der Waals surface area contributed by atoms with Gasteiger partial charge in [-0.2, -0.15) is 0 Å². The van der Waals surface area contributed by atoms with Crippen molar-refractivity contribution < 1.29 is 4.74 Å². The molecule has 100 valence electrons. The van der Waals surface area contributed by atoms with Gasteiger partial charge in [-0.3, -0.25) is 0 Å². The predicted octanol–water partition coefficient (Wildman–Crippen LogP) is 4.09. The van der Waals surface area contributed by atoms with Crippen LogP contribution in [0.1, 0.15) is 18.9 Å². The van der Waals surface area contributed by atoms with E-state index in [-0.39, 0.29) is 0 Å². The Kier molecular flexibility index (Phi) is 5.44. The normalized spacial score (nSPS) is 10.2. The maximum absolute atomic E-state index is 5.73. The third-order valence-electron chi connectivity index (χ3n) is 2.58. The van der Waals surface area contributed by atoms with Crippen molar-refractivity contribution in [2.45, 2.75) is 20.0 Å². The Balaban J connectivity index is 1.89. The standard InChI is InChI=1S/C15H17IN2O/c1-2-8-17-15-7-6-12(10-18-15)11-19-14-5-3-4-13(16)9-14/h3-7,9-10H,2,8,11H2,1H3,(H,17,18). The second kappa shape index (κ2) is 7.33. The number of anilines is 1. The van der Waals surface area contributed by atoms with E-state index in [0.29, 0.717) is 6.61 Å². The molecule has 2 rings (SSSR count). The van der Waals surface area contributed by atoms with E-state index in [9.17, 15) is 0 Å². The highest BCUT2D eigenvalue weighted by Crippen LogP contribution is 2.16. The highest BCUT2D eigenvalue weighted by atomic mass is 127. The van der Waals surface area contributed by atoms with Crippen molar-refractivity contribution in [2.24, 2.45) is 0 Å². The molecule has 0 bridgehead atoms. The lowest BCUT2D eigenvalue weighted by Gasteiger charge is -2.08. The Morgan fingerprint density at radius 3 is 2.84 bits per heavy atom. The number of hydrogen-bond acceptors (Lipinski definition) is 3. The quantitative estimate of drug-likeness (QED) is 0.780. The van der Waals surface area contributed by atoms with Crippen molar-refractivity contribution in [3.8, 4) is 5.75 Å². The third kappa shape index (κ3) is 4.70. The van der Waals surface area contributed by atoms with E-state index in [1.54, 1.807) is 0 Å². The Morgan fingerprint density at radius 1 is 1.26 bits per heavy atom. The summed E-state index contributed by atoms with van der Waals surface area (Å²) >= 11 is 2.28. The fraction of sp³-hybridized carbons (Fsp3) is 0.267. The molecule has 1 aromatic heterocycles. The first kappa shape index (κ1) is 14.1. The van der Waals surface area contributed by atoms with Gasteiger partial charge in [-0.25, -0.2) is 4.98 Å². The minimum atomic E-state index is 0.543. The lowest BCUT2D eigenvalue weighted by Crippen LogP contribution is -2.02. The SMILES string of the molecule is CCCNc1ccc(COc2cccc(I)c2)cn1. The van der Waals surface area contributed by atoms with Gasteiger partial charge in [0.15, 0.2) is 0 Å². The first-order valence-corrected chi connectivity index (χ1v) is 7.43. The lowest BCUT2D eigenvalue weighted by atomic mass is 10.3. The molecule has 0 unspecified atom stereocenters. The number of nitrogens with zero attached hydrogens (tertiary/aromatic N) is 1. The molecule has 0 spiro atoms. The van der Waals surface area contributed by atoms with Crippen LogP contribution in [0.2, 0.25) is 0 Å². The molecule has 3 nitrogen and oxygen atoms in total. The summed E-state index contributed by atoms with van der Waals surface area (Å²) in [5, 5.41) is 3.25. The number of pyridine rings is 1. The number of ether oxygens (including phenoxy) is 1. The summed E-state index contributed by atoms with van der Waals surface area (Å²) in [5.41, 5.74) is 1.07. The summed E-state index contributed by atoms with van der Waals surface area (Å²) < 4.78 is 6.90. The van der Waals surface area contributed by atoms with Crippen LogP contribution in [0, 0.1) is 3.57 Å². The molecule has 0 aliphatic rings. The largest absolute Gasteiger partial charge is 0.489 e. The first-order chi connectivity index (χ1) is 9.28. The van der Waals surface area contributed by atoms with Crippen molar-refractivity contribution in [3.05, 3.63) is 51.7 Å². The zero-order valence-corrected chi connectivity index (χ0v) is 13.1. The van der Waals surface area contributed by atoms with E-state index in [4.69, 9.17) is 4.74 Å². The molecule has 0 saturated carbocycles. The molecule has 1 aromatic carbocycles. The smallest absolute Gasteiger partial charge is 0.125 e. The summed E-state index contributed by atoms with van der Waals surface area (Å²) in [6.07, 6.45) is 2.95. The number of benzene rings is 1. The molecule has 0 radical (unpaired) electrons. The van der Waals surface area contributed by atoms with Crippen LogP contribution in [0.25, 0.3) is 0 Å². The second-order valence-electron chi connectivity index (χ2n) is 4.22. The molecule has 4 heteroatoms. The lowest BCUT2D eigenvalue weighted by molar-refractivity contribution is 0.305. The number of hydrogen-bond donors (Lipinski definition) is 1. The molecular formula is C15H17IN2O. The highest BCUT2D eigenvalue weighted by molar-refractivity contribution is 14.1. The van der Waals surface area contributed by atoms with Gasteiger partial charge < -0.3 is 10.1 Å². The van der Waals surface area contributed by atoms with Gasteiger partial charge in [-0.15, -0.1) is 0 Å². The zero-order chi connectivity index (χ0) is 13.5. The second-order valence-corrected chi connectivity index (χ2v) is 5.47. The maximum Gasteiger partial charge on any atom is 0.125 e. The maximum atomic E-state index is 5.73. The highest BCUT2D eigenvalue weighted by Gasteiger charge is 1.98. The van der Waals surface area contributed by atoms with E-state index < -0.39 is 0 Å². The minimum Gasteiger partial charge on any atom is -0.489 e. The van der Waals surface area contributed by atoms with Crippen molar-refractivity contribution >= 4 is 28.4 Å². The van der Waals surface area contributed by atoms with Crippen LogP contribution in [0.3, 0.4) is 0 Å². The van der Waals surface area contributed by atoms with Crippen molar-refractivity contribution in [1.82, 2.24) is 4.98 Å². The molecule has 0 atom stereocenters. The number of halogens is 1. The fourth-order valence-electron chi connectivity index (χ4n) is 1.59. The van der Waals surface area contributed by atoms with Crippen LogP contribution in [0.5, 0.6) is 5.75 Å². The average molecular weight is 368 g/mol. The van der Waals surface area contributed by atoms with Crippen LogP contribution in [0.15, 0.2) is 42.6 Å². The summed E-state index contributed by atoms with van der Waals surface area (Å²) in [6, 6.07) is 12.1. The van der Waals surface area contributed by atoms with Gasteiger partial charge in [0.05, 0.1) is 0 Å². The Morgan fingerprint density at radius 2 is 2.16 bits per heavy atom. The van der Waals surface area contributed by atoms with Gasteiger partial charge in [0, 0.05) is 21.9 Å². The average Bonchev–Trinajstić information content (AvgIpc) is 2.44. The monoisotopic (exact) mass is 368 g/mol. The Labute approximate surface area is 127 Å². The fourth-order valence-corrected chi connectivity index (χ4v) is 2.11. The third-order valence-corrected chi connectivity index (χ3v) is 3.25. The predicted molar refractivity (Wildman–Crippen MR) is 86.5 cm³/mol. The van der Waals surface area contributed by atoms with Crippen LogP contribution in [-0.4, -0.2) is 11.5 Å². The summed E-state index contributed by atoms with van der Waals surface area (Å²) in [4.78, 5) is 4.35. The zero-order valence-electron chi connectivity index (χ0n) is 10.9. The molecular weight excluding hydrogens is 351 g/mol. The molecule has 0 saturated heterocycles. The van der Waals surface area contributed by atoms with Crippen LogP contribution < -0.4 is 10.1 Å². The van der Waals surface area contributed by atoms with Crippen molar-refractivity contribution in [1.29, 1.82) is 0 Å². The first-order valence-electron chi connectivity index (χ1n) is 6.35. The molecule has 2 aromatic rings. The summed E-state index contributed by atoms with van der Waals surface area (Å²) in [7, 11) is 0. The molecule has 1 heterocycles. The Bertz CT molecular complexity index is 514. The molecule has 19 heavy (non-hydrogen) atoms. The number of nitrogens with one attached hydrogen (secondary N) is 1. The van der Waals surface area contributed by atoms with Crippen molar-refractivity contribution in [2.75, 3.05) is 11.9 Å². The topological polar surface area (TPSA) is 34.1 Å². The van der Waals surface area contributed by atoms with Gasteiger partial charge in [-0.05, 0) is 53.3 Å². The van der Waals surface area contributed by atoms with E-state index >= 15 is 0 Å². The van der Waals surface area contributed by atoms with Gasteiger partial charge in [0.2, 0.25) is 0 Å². The van der Waals surface area contributed by atoms with Gasteiger partial charge >= 0.3 is 0 Å². The molecule has 1 N–H and O–H groups in total. The van der Waals surface area contributed by atoms with Crippen molar-refractivity contribution in [3.63, 3.8) is 0 Å². The van der Waals surface area contributed by atoms with Crippen LogP contribution >= 0.6 is 22.6 Å². The van der Waals surface area contributed by atoms with Crippen LogP contribution in [-0.2, 0) is 6.61 Å². The molecule has 0 aliphatic carbocycles. The minimum absolute atomic E-state index is 0.543. The van der Waals surface area contributed by atoms with Gasteiger partial charge in [0.1, 0.15) is 18.2 Å². The van der Waals surface area contributed by atoms with Gasteiger partial charge in [0.25, 0.3) is 0 Å². The summed E-state index contributed by atoms with van der Waals surface area (Å²) in [6.45, 7) is 3.63. The molecule has 0 aliphatic heterocycles. The van der Waals surface area contributed by atoms with E-state index in [1.165, 1.54) is 3.57 Å². The molecule has 0 amide bonds. The van der Waals surface area contributed by atoms with E-state index in [1.807, 2.05) is 42.6 Å². The molecule has 0 fully saturated rings. The Hall–Kier alpha value is -1.30. The number of aromatic nitrogens is 1.